The molecule has 0 spiro atoms. The maximum absolute atomic E-state index is 5.64. The van der Waals surface area contributed by atoms with Crippen molar-refractivity contribution in [1.82, 2.24) is 4.98 Å². The second-order valence-electron chi connectivity index (χ2n) is 6.88. The van der Waals surface area contributed by atoms with Crippen molar-refractivity contribution in [3.8, 4) is 11.1 Å². The average molecular weight is 343 g/mol. The van der Waals surface area contributed by atoms with Gasteiger partial charge in [-0.1, -0.05) is 60.7 Å². The number of hydrogen-bond donors (Lipinski definition) is 1. The molecule has 0 bridgehead atoms. The zero-order valence-corrected chi connectivity index (χ0v) is 14.6. The van der Waals surface area contributed by atoms with Gasteiger partial charge >= 0.3 is 0 Å². The second-order valence-corrected chi connectivity index (χ2v) is 6.88. The third kappa shape index (κ3) is 3.00. The predicted octanol–water partition coefficient (Wildman–Crippen LogP) is 4.95. The van der Waals surface area contributed by atoms with Crippen LogP contribution >= 0.6 is 0 Å². The average Bonchev–Trinajstić information content (AvgIpc) is 3.44. The first kappa shape index (κ1) is 15.6. The van der Waals surface area contributed by atoms with Crippen molar-refractivity contribution in [2.45, 2.75) is 12.5 Å². The summed E-state index contributed by atoms with van der Waals surface area (Å²) in [5.74, 6) is 0. The van der Waals surface area contributed by atoms with Crippen molar-refractivity contribution in [1.29, 1.82) is 0 Å². The van der Waals surface area contributed by atoms with Crippen molar-refractivity contribution in [2.75, 3.05) is 19.8 Å². The number of H-pyrrole nitrogens is 1. The summed E-state index contributed by atoms with van der Waals surface area (Å²) in [6.45, 7) is 2.32. The summed E-state index contributed by atoms with van der Waals surface area (Å²) >= 11 is 0. The van der Waals surface area contributed by atoms with Crippen LogP contribution in [-0.4, -0.2) is 30.9 Å². The number of fused-ring (bicyclic) bond motifs is 3. The Balaban J connectivity index is 1.40. The predicted molar refractivity (Wildman–Crippen MR) is 106 cm³/mol. The van der Waals surface area contributed by atoms with E-state index in [1.54, 1.807) is 0 Å². The van der Waals surface area contributed by atoms with E-state index in [0.29, 0.717) is 6.10 Å². The monoisotopic (exact) mass is 343 g/mol. The Bertz CT molecular complexity index is 1040. The lowest BCUT2D eigenvalue weighted by Gasteiger charge is -2.07. The molecule has 1 fully saturated rings. The van der Waals surface area contributed by atoms with E-state index in [4.69, 9.17) is 9.47 Å². The highest BCUT2D eigenvalue weighted by atomic mass is 16.6. The van der Waals surface area contributed by atoms with E-state index in [1.165, 1.54) is 38.5 Å². The van der Waals surface area contributed by atoms with Gasteiger partial charge in [0.2, 0.25) is 0 Å². The van der Waals surface area contributed by atoms with Crippen LogP contribution in [0.15, 0.2) is 66.7 Å². The maximum Gasteiger partial charge on any atom is 0.104 e. The molecule has 3 nitrogen and oxygen atoms in total. The molecule has 0 aliphatic carbocycles. The largest absolute Gasteiger partial charge is 0.378 e. The van der Waals surface area contributed by atoms with Gasteiger partial charge in [0.15, 0.2) is 0 Å². The zero-order chi connectivity index (χ0) is 17.3. The summed E-state index contributed by atoms with van der Waals surface area (Å²) in [6.07, 6.45) is 1.28. The molecular weight excluding hydrogens is 322 g/mol. The Kier molecular flexibility index (Phi) is 3.96. The van der Waals surface area contributed by atoms with Crippen molar-refractivity contribution < 1.29 is 9.47 Å². The molecule has 130 valence electrons. The molecule has 0 amide bonds. The van der Waals surface area contributed by atoms with Crippen LogP contribution in [0.1, 0.15) is 5.56 Å². The van der Waals surface area contributed by atoms with Gasteiger partial charge in [0.25, 0.3) is 0 Å². The van der Waals surface area contributed by atoms with Gasteiger partial charge in [0.1, 0.15) is 6.10 Å². The number of hydrogen-bond acceptors (Lipinski definition) is 2. The molecule has 1 aromatic heterocycles. The molecule has 1 aliphatic heterocycles. The Morgan fingerprint density at radius 1 is 0.923 bits per heavy atom. The van der Waals surface area contributed by atoms with Crippen LogP contribution in [0, 0.1) is 0 Å². The fourth-order valence-electron chi connectivity index (χ4n) is 3.53. The lowest BCUT2D eigenvalue weighted by atomic mass is 10.0. The van der Waals surface area contributed by atoms with E-state index >= 15 is 0 Å². The summed E-state index contributed by atoms with van der Waals surface area (Å²) in [6, 6.07) is 23.8. The minimum Gasteiger partial charge on any atom is -0.378 e. The van der Waals surface area contributed by atoms with Gasteiger partial charge in [0, 0.05) is 21.9 Å². The quantitative estimate of drug-likeness (QED) is 0.397. The van der Waals surface area contributed by atoms with Gasteiger partial charge in [-0.15, -0.1) is 0 Å². The van der Waals surface area contributed by atoms with Gasteiger partial charge in [-0.2, -0.15) is 0 Å². The van der Waals surface area contributed by atoms with Crippen LogP contribution in [0.5, 0.6) is 0 Å². The molecule has 0 saturated carbocycles. The van der Waals surface area contributed by atoms with Crippen LogP contribution in [-0.2, 0) is 15.9 Å². The highest BCUT2D eigenvalue weighted by Gasteiger charge is 2.21. The molecule has 1 atom stereocenters. The van der Waals surface area contributed by atoms with Crippen molar-refractivity contribution in [2.24, 2.45) is 0 Å². The van der Waals surface area contributed by atoms with E-state index in [9.17, 15) is 0 Å². The number of ether oxygens (including phenoxy) is 2. The van der Waals surface area contributed by atoms with E-state index in [1.807, 2.05) is 0 Å². The lowest BCUT2D eigenvalue weighted by Crippen LogP contribution is -2.04. The third-order valence-electron chi connectivity index (χ3n) is 5.05. The van der Waals surface area contributed by atoms with Crippen molar-refractivity contribution >= 4 is 21.8 Å². The molecule has 0 radical (unpaired) electrons. The molecule has 1 N–H and O–H groups in total. The summed E-state index contributed by atoms with van der Waals surface area (Å²) < 4.78 is 10.8. The van der Waals surface area contributed by atoms with Gasteiger partial charge in [-0.3, -0.25) is 0 Å². The number of nitrogens with one attached hydrogen (secondary N) is 1. The third-order valence-corrected chi connectivity index (χ3v) is 5.05. The highest BCUT2D eigenvalue weighted by Crippen LogP contribution is 2.33. The lowest BCUT2D eigenvalue weighted by molar-refractivity contribution is 0.119. The number of rotatable bonds is 6. The van der Waals surface area contributed by atoms with Crippen LogP contribution < -0.4 is 0 Å². The zero-order valence-electron chi connectivity index (χ0n) is 14.6. The SMILES string of the molecule is c1ccc2c(c1)[nH]c1c(-c3ccc(CCOCC4CO4)cc3)cccc12. The van der Waals surface area contributed by atoms with Crippen LogP contribution in [0.3, 0.4) is 0 Å². The number of aromatic nitrogens is 1. The van der Waals surface area contributed by atoms with Crippen LogP contribution in [0.2, 0.25) is 0 Å². The molecule has 3 heteroatoms. The first-order valence-electron chi connectivity index (χ1n) is 9.16. The smallest absolute Gasteiger partial charge is 0.104 e. The molecule has 1 saturated heterocycles. The standard InChI is InChI=1S/C23H21NO2/c1-2-7-22-20(4-1)21-6-3-5-19(23(21)24-22)17-10-8-16(9-11-17)12-13-25-14-18-15-26-18/h1-11,18,24H,12-15H2. The van der Waals surface area contributed by atoms with Gasteiger partial charge < -0.3 is 14.5 Å². The molecule has 5 rings (SSSR count). The molecule has 3 aromatic carbocycles. The normalized spacial score (nSPS) is 16.4. The van der Waals surface area contributed by atoms with E-state index in [-0.39, 0.29) is 0 Å². The number of aromatic amines is 1. The maximum atomic E-state index is 5.64. The topological polar surface area (TPSA) is 37.5 Å². The molecule has 4 aromatic rings. The number of para-hydroxylation sites is 2. The number of epoxide rings is 1. The number of benzene rings is 3. The van der Waals surface area contributed by atoms with Crippen LogP contribution in [0.25, 0.3) is 32.9 Å². The highest BCUT2D eigenvalue weighted by molar-refractivity contribution is 6.11. The van der Waals surface area contributed by atoms with Gasteiger partial charge in [-0.25, -0.2) is 0 Å². The summed E-state index contributed by atoms with van der Waals surface area (Å²) in [4.78, 5) is 3.59. The van der Waals surface area contributed by atoms with E-state index in [0.717, 1.165) is 26.2 Å². The first-order chi connectivity index (χ1) is 12.9. The van der Waals surface area contributed by atoms with Crippen molar-refractivity contribution in [3.63, 3.8) is 0 Å². The minimum absolute atomic E-state index is 0.342. The van der Waals surface area contributed by atoms with Crippen LogP contribution in [0.4, 0.5) is 0 Å². The molecular formula is C23H21NO2. The molecule has 26 heavy (non-hydrogen) atoms. The van der Waals surface area contributed by atoms with Crippen molar-refractivity contribution in [3.05, 3.63) is 72.3 Å². The fourth-order valence-corrected chi connectivity index (χ4v) is 3.53. The fraction of sp³-hybridized carbons (Fsp3) is 0.217. The summed E-state index contributed by atoms with van der Waals surface area (Å²) in [5.41, 5.74) is 6.16. The Hall–Kier alpha value is -2.62. The molecule has 1 aliphatic rings. The Labute approximate surface area is 152 Å². The summed E-state index contributed by atoms with van der Waals surface area (Å²) in [5, 5.41) is 2.55. The Morgan fingerprint density at radius 3 is 2.58 bits per heavy atom. The Morgan fingerprint density at radius 2 is 1.73 bits per heavy atom. The minimum atomic E-state index is 0.342. The molecule has 1 unspecified atom stereocenters. The first-order valence-corrected chi connectivity index (χ1v) is 9.16. The van der Waals surface area contributed by atoms with Gasteiger partial charge in [-0.05, 0) is 23.6 Å². The summed E-state index contributed by atoms with van der Waals surface area (Å²) in [7, 11) is 0. The molecule has 2 heterocycles. The van der Waals surface area contributed by atoms with Gasteiger partial charge in [0.05, 0.1) is 25.3 Å². The van der Waals surface area contributed by atoms with E-state index in [2.05, 4.69) is 71.7 Å². The second kappa shape index (κ2) is 6.60. The van der Waals surface area contributed by atoms with E-state index < -0.39 is 0 Å².